The highest BCUT2D eigenvalue weighted by Crippen LogP contribution is 2.22. The van der Waals surface area contributed by atoms with Gasteiger partial charge in [0.25, 0.3) is 0 Å². The number of guanidine groups is 1. The SMILES string of the molecule is CCNC(=NCc1cc(C(CC)CC)no1)NCCOC. The third-order valence-electron chi connectivity index (χ3n) is 3.32. The second-order valence-corrected chi connectivity index (χ2v) is 4.85. The van der Waals surface area contributed by atoms with E-state index < -0.39 is 0 Å². The molecule has 1 rings (SSSR count). The minimum absolute atomic E-state index is 0.472. The number of hydrogen-bond donors (Lipinski definition) is 2. The summed E-state index contributed by atoms with van der Waals surface area (Å²) in [7, 11) is 1.68. The Hall–Kier alpha value is -1.56. The van der Waals surface area contributed by atoms with Crippen molar-refractivity contribution in [2.24, 2.45) is 4.99 Å². The van der Waals surface area contributed by atoms with Crippen LogP contribution in [0.15, 0.2) is 15.6 Å². The van der Waals surface area contributed by atoms with Gasteiger partial charge in [-0.05, 0) is 19.8 Å². The fourth-order valence-corrected chi connectivity index (χ4v) is 2.07. The van der Waals surface area contributed by atoms with Crippen molar-refractivity contribution in [1.29, 1.82) is 0 Å². The molecule has 1 aromatic heterocycles. The molecule has 0 fully saturated rings. The maximum absolute atomic E-state index is 5.37. The third-order valence-corrected chi connectivity index (χ3v) is 3.32. The summed E-state index contributed by atoms with van der Waals surface area (Å²) < 4.78 is 10.4. The number of aliphatic imine (C=N–C) groups is 1. The number of hydrogen-bond acceptors (Lipinski definition) is 4. The summed E-state index contributed by atoms with van der Waals surface area (Å²) in [6.45, 7) is 9.04. The van der Waals surface area contributed by atoms with E-state index in [2.05, 4.69) is 34.6 Å². The summed E-state index contributed by atoms with van der Waals surface area (Å²) in [6, 6.07) is 2.01. The largest absolute Gasteiger partial charge is 0.383 e. The predicted octanol–water partition coefficient (Wildman–Crippen LogP) is 2.28. The second kappa shape index (κ2) is 10.2. The number of ether oxygens (including phenoxy) is 1. The maximum Gasteiger partial charge on any atom is 0.191 e. The van der Waals surface area contributed by atoms with Crippen LogP contribution >= 0.6 is 0 Å². The highest BCUT2D eigenvalue weighted by Gasteiger charge is 2.12. The lowest BCUT2D eigenvalue weighted by Crippen LogP contribution is -2.38. The van der Waals surface area contributed by atoms with E-state index in [1.165, 1.54) is 0 Å². The van der Waals surface area contributed by atoms with Gasteiger partial charge in [-0.3, -0.25) is 0 Å². The van der Waals surface area contributed by atoms with Gasteiger partial charge in [0.05, 0.1) is 12.3 Å². The molecule has 0 amide bonds. The van der Waals surface area contributed by atoms with Crippen LogP contribution in [0.4, 0.5) is 0 Å². The molecule has 6 heteroatoms. The molecule has 0 spiro atoms. The topological polar surface area (TPSA) is 71.7 Å². The molecule has 1 aromatic rings. The average molecular weight is 296 g/mol. The standard InChI is InChI=1S/C15H28N4O2/c1-5-12(6-2)14-10-13(21-19-14)11-18-15(16-7-3)17-8-9-20-4/h10,12H,5-9,11H2,1-4H3,(H2,16,17,18). The molecule has 0 saturated heterocycles. The highest BCUT2D eigenvalue weighted by atomic mass is 16.5. The van der Waals surface area contributed by atoms with Crippen LogP contribution in [0.3, 0.4) is 0 Å². The Morgan fingerprint density at radius 3 is 2.71 bits per heavy atom. The molecule has 0 aromatic carbocycles. The van der Waals surface area contributed by atoms with Crippen molar-refractivity contribution in [1.82, 2.24) is 15.8 Å². The summed E-state index contributed by atoms with van der Waals surface area (Å²) in [4.78, 5) is 4.48. The monoisotopic (exact) mass is 296 g/mol. The van der Waals surface area contributed by atoms with Crippen LogP contribution in [0.25, 0.3) is 0 Å². The summed E-state index contributed by atoms with van der Waals surface area (Å²) in [6.07, 6.45) is 2.15. The van der Waals surface area contributed by atoms with Gasteiger partial charge < -0.3 is 19.9 Å². The van der Waals surface area contributed by atoms with Crippen molar-refractivity contribution in [3.05, 3.63) is 17.5 Å². The predicted molar refractivity (Wildman–Crippen MR) is 84.5 cm³/mol. The Kier molecular flexibility index (Phi) is 8.50. The third kappa shape index (κ3) is 6.16. The average Bonchev–Trinajstić information content (AvgIpc) is 2.95. The zero-order valence-corrected chi connectivity index (χ0v) is 13.6. The molecule has 1 heterocycles. The first kappa shape index (κ1) is 17.5. The quantitative estimate of drug-likeness (QED) is 0.415. The first-order chi connectivity index (χ1) is 10.2. The van der Waals surface area contributed by atoms with Crippen LogP contribution < -0.4 is 10.6 Å². The number of aromatic nitrogens is 1. The minimum Gasteiger partial charge on any atom is -0.383 e. The lowest BCUT2D eigenvalue weighted by atomic mass is 9.99. The summed E-state index contributed by atoms with van der Waals surface area (Å²) in [5.74, 6) is 2.02. The van der Waals surface area contributed by atoms with Crippen molar-refractivity contribution < 1.29 is 9.26 Å². The highest BCUT2D eigenvalue weighted by molar-refractivity contribution is 5.79. The number of nitrogens with zero attached hydrogens (tertiary/aromatic N) is 2. The van der Waals surface area contributed by atoms with E-state index in [-0.39, 0.29) is 0 Å². The van der Waals surface area contributed by atoms with Crippen LogP contribution in [-0.4, -0.2) is 37.9 Å². The molecule has 0 bridgehead atoms. The van der Waals surface area contributed by atoms with Gasteiger partial charge in [-0.15, -0.1) is 0 Å². The molecule has 0 aliphatic heterocycles. The first-order valence-electron chi connectivity index (χ1n) is 7.71. The fraction of sp³-hybridized carbons (Fsp3) is 0.733. The van der Waals surface area contributed by atoms with E-state index in [1.807, 2.05) is 13.0 Å². The molecule has 0 unspecified atom stereocenters. The van der Waals surface area contributed by atoms with Gasteiger partial charge in [0.15, 0.2) is 11.7 Å². The van der Waals surface area contributed by atoms with Crippen molar-refractivity contribution in [2.75, 3.05) is 26.8 Å². The lowest BCUT2D eigenvalue weighted by Gasteiger charge is -2.10. The van der Waals surface area contributed by atoms with Crippen LogP contribution in [-0.2, 0) is 11.3 Å². The van der Waals surface area contributed by atoms with Gasteiger partial charge in [-0.1, -0.05) is 19.0 Å². The van der Waals surface area contributed by atoms with E-state index in [9.17, 15) is 0 Å². The molecule has 0 radical (unpaired) electrons. The van der Waals surface area contributed by atoms with Crippen LogP contribution in [0, 0.1) is 0 Å². The Morgan fingerprint density at radius 2 is 2.10 bits per heavy atom. The second-order valence-electron chi connectivity index (χ2n) is 4.85. The lowest BCUT2D eigenvalue weighted by molar-refractivity contribution is 0.203. The Balaban J connectivity index is 2.58. The van der Waals surface area contributed by atoms with Crippen molar-refractivity contribution >= 4 is 5.96 Å². The molecule has 0 aliphatic rings. The van der Waals surface area contributed by atoms with Crippen LogP contribution in [0.5, 0.6) is 0 Å². The zero-order valence-electron chi connectivity index (χ0n) is 13.6. The molecule has 120 valence electrons. The molecular weight excluding hydrogens is 268 g/mol. The summed E-state index contributed by atoms with van der Waals surface area (Å²) >= 11 is 0. The van der Waals surface area contributed by atoms with Crippen molar-refractivity contribution in [2.45, 2.75) is 46.1 Å². The van der Waals surface area contributed by atoms with Crippen LogP contribution in [0.2, 0.25) is 0 Å². The molecule has 2 N–H and O–H groups in total. The first-order valence-corrected chi connectivity index (χ1v) is 7.71. The number of nitrogens with one attached hydrogen (secondary N) is 2. The van der Waals surface area contributed by atoms with Gasteiger partial charge in [-0.2, -0.15) is 0 Å². The smallest absolute Gasteiger partial charge is 0.191 e. The molecule has 21 heavy (non-hydrogen) atoms. The molecule has 0 aliphatic carbocycles. The van der Waals surface area contributed by atoms with Crippen LogP contribution in [0.1, 0.15) is 51.0 Å². The van der Waals surface area contributed by atoms with Crippen molar-refractivity contribution in [3.63, 3.8) is 0 Å². The normalized spacial score (nSPS) is 12.0. The minimum atomic E-state index is 0.472. The maximum atomic E-state index is 5.37. The summed E-state index contributed by atoms with van der Waals surface area (Å²) in [5, 5.41) is 10.5. The number of methoxy groups -OCH3 is 1. The van der Waals surface area contributed by atoms with E-state index >= 15 is 0 Å². The van der Waals surface area contributed by atoms with E-state index in [0.29, 0.717) is 19.1 Å². The van der Waals surface area contributed by atoms with E-state index in [1.54, 1.807) is 7.11 Å². The van der Waals surface area contributed by atoms with E-state index in [4.69, 9.17) is 9.26 Å². The summed E-state index contributed by atoms with van der Waals surface area (Å²) in [5.41, 5.74) is 1.03. The Labute approximate surface area is 127 Å². The van der Waals surface area contributed by atoms with E-state index in [0.717, 1.165) is 43.3 Å². The van der Waals surface area contributed by atoms with Gasteiger partial charge >= 0.3 is 0 Å². The Morgan fingerprint density at radius 1 is 1.33 bits per heavy atom. The van der Waals surface area contributed by atoms with Gasteiger partial charge in [0, 0.05) is 32.2 Å². The zero-order chi connectivity index (χ0) is 15.5. The van der Waals surface area contributed by atoms with Gasteiger partial charge in [-0.25, -0.2) is 4.99 Å². The fourth-order valence-electron chi connectivity index (χ4n) is 2.07. The number of rotatable bonds is 9. The Bertz CT molecular complexity index is 414. The molecule has 0 atom stereocenters. The molecule has 6 nitrogen and oxygen atoms in total. The van der Waals surface area contributed by atoms with Gasteiger partial charge in [0.1, 0.15) is 6.54 Å². The molecular formula is C15H28N4O2. The van der Waals surface area contributed by atoms with Crippen molar-refractivity contribution in [3.8, 4) is 0 Å². The molecule has 0 saturated carbocycles. The van der Waals surface area contributed by atoms with Gasteiger partial charge in [0.2, 0.25) is 0 Å².